The molecule has 0 saturated heterocycles. The maximum absolute atomic E-state index is 10.0. The number of hydrogen-bond donors (Lipinski definition) is 2. The third-order valence-electron chi connectivity index (χ3n) is 3.71. The number of phenols is 1. The van der Waals surface area contributed by atoms with Gasteiger partial charge in [-0.25, -0.2) is 0 Å². The van der Waals surface area contributed by atoms with Crippen LogP contribution in [0.3, 0.4) is 0 Å². The summed E-state index contributed by atoms with van der Waals surface area (Å²) in [6.07, 6.45) is 0. The average molecular weight is 294 g/mol. The number of aromatic hydroxyl groups is 1. The van der Waals surface area contributed by atoms with Crippen LogP contribution in [0.4, 0.5) is 5.82 Å². The molecule has 3 rings (SSSR count). The molecule has 0 aliphatic carbocycles. The molecule has 2 aromatic carbocycles. The zero-order valence-corrected chi connectivity index (χ0v) is 12.8. The summed E-state index contributed by atoms with van der Waals surface area (Å²) in [6.45, 7) is 5.98. The van der Waals surface area contributed by atoms with Crippen LogP contribution in [-0.4, -0.2) is 20.1 Å². The Bertz CT molecular complexity index is 783. The van der Waals surface area contributed by atoms with Crippen molar-refractivity contribution in [2.24, 2.45) is 0 Å². The fraction of sp³-hybridized carbons (Fsp3) is 0.176. The lowest BCUT2D eigenvalue weighted by atomic mass is 10.0. The second-order valence-corrected chi connectivity index (χ2v) is 5.55. The predicted molar refractivity (Wildman–Crippen MR) is 87.1 cm³/mol. The summed E-state index contributed by atoms with van der Waals surface area (Å²) >= 11 is 0. The SMILES string of the molecule is Cc1ccc(C)c(-c2nnn(-c3cc(C)ccc3O)c2N)c1. The summed E-state index contributed by atoms with van der Waals surface area (Å²) in [4.78, 5) is 0. The minimum atomic E-state index is 0.120. The minimum absolute atomic E-state index is 0.120. The van der Waals surface area contributed by atoms with Crippen molar-refractivity contribution in [3.8, 4) is 22.7 Å². The molecule has 5 heteroatoms. The standard InChI is InChI=1S/C17H18N4O/c1-10-4-6-12(3)13(8-10)16-17(18)21(20-19-16)14-9-11(2)5-7-15(14)22/h4-9,22H,18H2,1-3H3. The quantitative estimate of drug-likeness (QED) is 0.761. The van der Waals surface area contributed by atoms with E-state index in [2.05, 4.69) is 10.3 Å². The molecule has 0 spiro atoms. The highest BCUT2D eigenvalue weighted by atomic mass is 16.3. The number of hydrogen-bond acceptors (Lipinski definition) is 4. The number of nitrogens with two attached hydrogens (primary N) is 1. The van der Waals surface area contributed by atoms with Crippen LogP contribution in [0.2, 0.25) is 0 Å². The lowest BCUT2D eigenvalue weighted by Gasteiger charge is -2.08. The summed E-state index contributed by atoms with van der Waals surface area (Å²) in [5.74, 6) is 0.532. The number of nitrogen functional groups attached to an aromatic ring is 1. The van der Waals surface area contributed by atoms with E-state index >= 15 is 0 Å². The maximum atomic E-state index is 10.0. The van der Waals surface area contributed by atoms with E-state index in [0.29, 0.717) is 17.2 Å². The number of phenolic OH excluding ortho intramolecular Hbond substituents is 1. The van der Waals surface area contributed by atoms with Crippen molar-refractivity contribution in [2.75, 3.05) is 5.73 Å². The molecule has 112 valence electrons. The highest BCUT2D eigenvalue weighted by Gasteiger charge is 2.17. The van der Waals surface area contributed by atoms with Gasteiger partial charge in [-0.3, -0.25) is 0 Å². The molecule has 5 nitrogen and oxygen atoms in total. The van der Waals surface area contributed by atoms with Gasteiger partial charge >= 0.3 is 0 Å². The van der Waals surface area contributed by atoms with Crippen LogP contribution in [-0.2, 0) is 0 Å². The molecule has 22 heavy (non-hydrogen) atoms. The number of anilines is 1. The maximum Gasteiger partial charge on any atom is 0.156 e. The number of nitrogens with zero attached hydrogens (tertiary/aromatic N) is 3. The molecule has 0 saturated carbocycles. The van der Waals surface area contributed by atoms with Gasteiger partial charge in [-0.2, -0.15) is 4.68 Å². The number of rotatable bonds is 2. The lowest BCUT2D eigenvalue weighted by Crippen LogP contribution is -2.03. The first-order valence-corrected chi connectivity index (χ1v) is 7.06. The van der Waals surface area contributed by atoms with E-state index in [0.717, 1.165) is 22.3 Å². The van der Waals surface area contributed by atoms with Crippen LogP contribution < -0.4 is 5.73 Å². The van der Waals surface area contributed by atoms with Crippen LogP contribution in [0.25, 0.3) is 16.9 Å². The minimum Gasteiger partial charge on any atom is -0.506 e. The van der Waals surface area contributed by atoms with Crippen LogP contribution >= 0.6 is 0 Å². The Balaban J connectivity index is 2.17. The van der Waals surface area contributed by atoms with Crippen molar-refractivity contribution in [3.05, 3.63) is 53.1 Å². The van der Waals surface area contributed by atoms with Gasteiger partial charge in [0.25, 0.3) is 0 Å². The molecule has 1 heterocycles. The number of aromatic nitrogens is 3. The van der Waals surface area contributed by atoms with E-state index in [9.17, 15) is 5.11 Å². The Kier molecular flexibility index (Phi) is 3.33. The van der Waals surface area contributed by atoms with Gasteiger partial charge in [0.2, 0.25) is 0 Å². The van der Waals surface area contributed by atoms with E-state index in [4.69, 9.17) is 5.73 Å². The van der Waals surface area contributed by atoms with E-state index in [1.165, 1.54) is 4.68 Å². The van der Waals surface area contributed by atoms with E-state index in [1.807, 2.05) is 51.1 Å². The molecule has 0 aliphatic rings. The van der Waals surface area contributed by atoms with Crippen LogP contribution in [0.1, 0.15) is 16.7 Å². The molecule has 3 aromatic rings. The van der Waals surface area contributed by atoms with Gasteiger partial charge in [0.15, 0.2) is 5.82 Å². The van der Waals surface area contributed by atoms with Crippen molar-refractivity contribution in [1.82, 2.24) is 15.0 Å². The third kappa shape index (κ3) is 2.30. The molecule has 3 N–H and O–H groups in total. The van der Waals surface area contributed by atoms with Gasteiger partial charge in [0, 0.05) is 5.56 Å². The van der Waals surface area contributed by atoms with Crippen molar-refractivity contribution >= 4 is 5.82 Å². The Labute approximate surface area is 129 Å². The third-order valence-corrected chi connectivity index (χ3v) is 3.71. The van der Waals surface area contributed by atoms with E-state index in [-0.39, 0.29) is 5.75 Å². The van der Waals surface area contributed by atoms with E-state index < -0.39 is 0 Å². The molecule has 0 aliphatic heterocycles. The monoisotopic (exact) mass is 294 g/mol. The molecule has 0 radical (unpaired) electrons. The topological polar surface area (TPSA) is 77.0 Å². The van der Waals surface area contributed by atoms with Crippen LogP contribution in [0.5, 0.6) is 5.75 Å². The van der Waals surface area contributed by atoms with E-state index in [1.54, 1.807) is 6.07 Å². The predicted octanol–water partition coefficient (Wildman–Crippen LogP) is 3.15. The second-order valence-electron chi connectivity index (χ2n) is 5.55. The zero-order chi connectivity index (χ0) is 15.9. The Hall–Kier alpha value is -2.82. The highest BCUT2D eigenvalue weighted by molar-refractivity contribution is 5.74. The van der Waals surface area contributed by atoms with Gasteiger partial charge < -0.3 is 10.8 Å². The largest absolute Gasteiger partial charge is 0.506 e. The Morgan fingerprint density at radius 2 is 1.68 bits per heavy atom. The van der Waals surface area contributed by atoms with Crippen molar-refractivity contribution in [1.29, 1.82) is 0 Å². The molecule has 1 aromatic heterocycles. The fourth-order valence-electron chi connectivity index (χ4n) is 2.45. The van der Waals surface area contributed by atoms with Crippen molar-refractivity contribution in [2.45, 2.75) is 20.8 Å². The molecule has 0 bridgehead atoms. The highest BCUT2D eigenvalue weighted by Crippen LogP contribution is 2.31. The summed E-state index contributed by atoms with van der Waals surface area (Å²) in [5, 5.41) is 18.4. The van der Waals surface area contributed by atoms with Gasteiger partial charge in [0.1, 0.15) is 17.1 Å². The normalized spacial score (nSPS) is 10.9. The molecule has 0 atom stereocenters. The van der Waals surface area contributed by atoms with Crippen LogP contribution in [0, 0.1) is 20.8 Å². The zero-order valence-electron chi connectivity index (χ0n) is 12.8. The smallest absolute Gasteiger partial charge is 0.156 e. The lowest BCUT2D eigenvalue weighted by molar-refractivity contribution is 0.470. The molecular formula is C17H18N4O. The first-order valence-electron chi connectivity index (χ1n) is 7.06. The van der Waals surface area contributed by atoms with Gasteiger partial charge in [-0.05, 0) is 50.1 Å². The van der Waals surface area contributed by atoms with Crippen molar-refractivity contribution < 1.29 is 5.11 Å². The Morgan fingerprint density at radius 3 is 2.45 bits per heavy atom. The summed E-state index contributed by atoms with van der Waals surface area (Å²) < 4.78 is 1.47. The summed E-state index contributed by atoms with van der Waals surface area (Å²) in [5.41, 5.74) is 11.6. The molecule has 0 fully saturated rings. The number of benzene rings is 2. The summed E-state index contributed by atoms with van der Waals surface area (Å²) in [6, 6.07) is 11.4. The Morgan fingerprint density at radius 1 is 1.00 bits per heavy atom. The van der Waals surface area contributed by atoms with Crippen molar-refractivity contribution in [3.63, 3.8) is 0 Å². The van der Waals surface area contributed by atoms with Gasteiger partial charge in [-0.1, -0.05) is 29.0 Å². The fourth-order valence-corrected chi connectivity index (χ4v) is 2.45. The molecular weight excluding hydrogens is 276 g/mol. The molecule has 0 unspecified atom stereocenters. The first kappa shape index (κ1) is 14.1. The molecule has 0 amide bonds. The van der Waals surface area contributed by atoms with Gasteiger partial charge in [-0.15, -0.1) is 5.10 Å². The first-order chi connectivity index (χ1) is 10.5. The average Bonchev–Trinajstić information content (AvgIpc) is 2.86. The summed E-state index contributed by atoms with van der Waals surface area (Å²) in [7, 11) is 0. The van der Waals surface area contributed by atoms with Crippen LogP contribution in [0.15, 0.2) is 36.4 Å². The number of aryl methyl sites for hydroxylation is 3. The van der Waals surface area contributed by atoms with Gasteiger partial charge in [0.05, 0.1) is 0 Å². The second kappa shape index (κ2) is 5.18.